The SMILES string of the molecule is CC[C@@H](Oc1ccc2ccccc2c1)C(=O)Nc1ccc(C23CC4CC(CC(C4)C2)C3)cc1. The number of carbonyl (C=O) groups is 1. The van der Waals surface area contributed by atoms with Crippen LogP contribution in [0.4, 0.5) is 5.69 Å². The van der Waals surface area contributed by atoms with Gasteiger partial charge in [0.25, 0.3) is 5.91 Å². The summed E-state index contributed by atoms with van der Waals surface area (Å²) in [6, 6.07) is 22.9. The molecule has 4 aliphatic carbocycles. The van der Waals surface area contributed by atoms with Crippen molar-refractivity contribution in [3.8, 4) is 5.75 Å². The van der Waals surface area contributed by atoms with Crippen LogP contribution in [0.3, 0.4) is 0 Å². The third-order valence-corrected chi connectivity index (χ3v) is 8.47. The molecule has 0 aliphatic heterocycles. The van der Waals surface area contributed by atoms with Crippen LogP contribution in [0.2, 0.25) is 0 Å². The highest BCUT2D eigenvalue weighted by molar-refractivity contribution is 5.94. The summed E-state index contributed by atoms with van der Waals surface area (Å²) < 4.78 is 6.08. The first-order valence-corrected chi connectivity index (χ1v) is 12.7. The lowest BCUT2D eigenvalue weighted by molar-refractivity contribution is -0.122. The first-order valence-electron chi connectivity index (χ1n) is 12.7. The predicted molar refractivity (Wildman–Crippen MR) is 134 cm³/mol. The quantitative estimate of drug-likeness (QED) is 0.445. The molecule has 3 nitrogen and oxygen atoms in total. The Labute approximate surface area is 196 Å². The van der Waals surface area contributed by atoms with Crippen LogP contribution in [-0.2, 0) is 10.2 Å². The molecule has 4 aliphatic rings. The van der Waals surface area contributed by atoms with Crippen molar-refractivity contribution in [1.29, 1.82) is 0 Å². The molecule has 7 rings (SSSR count). The minimum Gasteiger partial charge on any atom is -0.481 e. The molecule has 4 fully saturated rings. The number of benzene rings is 3. The lowest BCUT2D eigenvalue weighted by Gasteiger charge is -2.57. The average Bonchev–Trinajstić information content (AvgIpc) is 2.82. The van der Waals surface area contributed by atoms with Gasteiger partial charge in [-0.2, -0.15) is 0 Å². The van der Waals surface area contributed by atoms with Gasteiger partial charge in [-0.1, -0.05) is 49.4 Å². The van der Waals surface area contributed by atoms with Gasteiger partial charge in [0, 0.05) is 5.69 Å². The van der Waals surface area contributed by atoms with E-state index in [0.29, 0.717) is 11.8 Å². The standard InChI is InChI=1S/C30H33NO2/c1-2-28(33-27-12-7-23-5-3-4-6-24(23)16-27)29(32)31-26-10-8-25(9-11-26)30-17-20-13-21(18-30)15-22(14-20)19-30/h3-12,16,20-22,28H,2,13-15,17-19H2,1H3,(H,31,32)/t20?,21?,22?,28-,30?/m1/s1. The van der Waals surface area contributed by atoms with Crippen molar-refractivity contribution in [2.24, 2.45) is 17.8 Å². The third kappa shape index (κ3) is 3.92. The fourth-order valence-electron chi connectivity index (χ4n) is 7.32. The van der Waals surface area contributed by atoms with E-state index in [4.69, 9.17) is 4.74 Å². The molecule has 3 aromatic rings. The van der Waals surface area contributed by atoms with Gasteiger partial charge in [-0.25, -0.2) is 0 Å². The molecule has 0 saturated heterocycles. The molecule has 3 heteroatoms. The highest BCUT2D eigenvalue weighted by Crippen LogP contribution is 2.60. The van der Waals surface area contributed by atoms with Crippen molar-refractivity contribution < 1.29 is 9.53 Å². The number of nitrogens with one attached hydrogen (secondary N) is 1. The summed E-state index contributed by atoms with van der Waals surface area (Å²) in [5.41, 5.74) is 2.73. The number of anilines is 1. The van der Waals surface area contributed by atoms with Crippen molar-refractivity contribution in [3.05, 3.63) is 72.3 Å². The average molecular weight is 440 g/mol. The van der Waals surface area contributed by atoms with Gasteiger partial charge in [-0.05, 0) is 109 Å². The topological polar surface area (TPSA) is 38.3 Å². The number of carbonyl (C=O) groups excluding carboxylic acids is 1. The molecule has 4 bridgehead atoms. The second-order valence-corrected chi connectivity index (χ2v) is 10.8. The number of hydrogen-bond donors (Lipinski definition) is 1. The van der Waals surface area contributed by atoms with Gasteiger partial charge in [0.05, 0.1) is 0 Å². The first-order chi connectivity index (χ1) is 16.1. The molecule has 170 valence electrons. The Kier molecular flexibility index (Phi) is 5.16. The zero-order valence-electron chi connectivity index (χ0n) is 19.4. The predicted octanol–water partition coefficient (Wildman–Crippen LogP) is 7.10. The van der Waals surface area contributed by atoms with E-state index in [0.717, 1.165) is 34.6 Å². The first kappa shape index (κ1) is 20.8. The van der Waals surface area contributed by atoms with Gasteiger partial charge >= 0.3 is 0 Å². The van der Waals surface area contributed by atoms with Gasteiger partial charge in [0.2, 0.25) is 0 Å². The van der Waals surface area contributed by atoms with Crippen LogP contribution in [0, 0.1) is 17.8 Å². The molecule has 4 saturated carbocycles. The largest absolute Gasteiger partial charge is 0.481 e. The molecular formula is C30H33NO2. The second kappa shape index (κ2) is 8.20. The normalized spacial score (nSPS) is 28.6. The number of fused-ring (bicyclic) bond motifs is 1. The molecule has 1 atom stereocenters. The Bertz CT molecular complexity index is 1130. The van der Waals surface area contributed by atoms with Gasteiger partial charge in [-0.15, -0.1) is 0 Å². The van der Waals surface area contributed by atoms with E-state index < -0.39 is 6.10 Å². The second-order valence-electron chi connectivity index (χ2n) is 10.8. The van der Waals surface area contributed by atoms with Crippen molar-refractivity contribution in [2.45, 2.75) is 63.4 Å². The highest BCUT2D eigenvalue weighted by atomic mass is 16.5. The van der Waals surface area contributed by atoms with Crippen LogP contribution in [0.25, 0.3) is 10.8 Å². The molecule has 0 spiro atoms. The van der Waals surface area contributed by atoms with Crippen molar-refractivity contribution >= 4 is 22.4 Å². The lowest BCUT2D eigenvalue weighted by Crippen LogP contribution is -2.48. The monoisotopic (exact) mass is 439 g/mol. The summed E-state index contributed by atoms with van der Waals surface area (Å²) >= 11 is 0. The van der Waals surface area contributed by atoms with Gasteiger partial charge < -0.3 is 10.1 Å². The Morgan fingerprint density at radius 2 is 1.55 bits per heavy atom. The van der Waals surface area contributed by atoms with E-state index >= 15 is 0 Å². The summed E-state index contributed by atoms with van der Waals surface area (Å²) in [5, 5.41) is 5.37. The molecule has 3 aromatic carbocycles. The zero-order valence-corrected chi connectivity index (χ0v) is 19.4. The summed E-state index contributed by atoms with van der Waals surface area (Å²) in [5.74, 6) is 3.45. The summed E-state index contributed by atoms with van der Waals surface area (Å²) in [7, 11) is 0. The Morgan fingerprint density at radius 3 is 2.18 bits per heavy atom. The zero-order chi connectivity index (χ0) is 22.4. The minimum absolute atomic E-state index is 0.0896. The molecule has 0 heterocycles. The molecule has 0 radical (unpaired) electrons. The highest BCUT2D eigenvalue weighted by Gasteiger charge is 2.51. The van der Waals surface area contributed by atoms with Crippen molar-refractivity contribution in [1.82, 2.24) is 0 Å². The molecule has 0 aromatic heterocycles. The van der Waals surface area contributed by atoms with Crippen molar-refractivity contribution in [2.75, 3.05) is 5.32 Å². The van der Waals surface area contributed by atoms with Crippen LogP contribution < -0.4 is 10.1 Å². The lowest BCUT2D eigenvalue weighted by atomic mass is 9.48. The molecule has 33 heavy (non-hydrogen) atoms. The van der Waals surface area contributed by atoms with Gasteiger partial charge in [0.15, 0.2) is 6.10 Å². The number of ether oxygens (including phenoxy) is 1. The van der Waals surface area contributed by atoms with E-state index in [9.17, 15) is 4.79 Å². The number of hydrogen-bond acceptors (Lipinski definition) is 2. The summed E-state index contributed by atoms with van der Waals surface area (Å²) in [6.07, 6.45) is 8.57. The number of rotatable bonds is 6. The molecule has 0 unspecified atom stereocenters. The molecule has 1 amide bonds. The van der Waals surface area contributed by atoms with E-state index in [1.165, 1.54) is 49.5 Å². The maximum Gasteiger partial charge on any atom is 0.265 e. The van der Waals surface area contributed by atoms with E-state index in [2.05, 4.69) is 41.7 Å². The molecule has 1 N–H and O–H groups in total. The number of amides is 1. The minimum atomic E-state index is -0.519. The summed E-state index contributed by atoms with van der Waals surface area (Å²) in [4.78, 5) is 13.0. The van der Waals surface area contributed by atoms with E-state index in [-0.39, 0.29) is 5.91 Å². The summed E-state index contributed by atoms with van der Waals surface area (Å²) in [6.45, 7) is 1.99. The smallest absolute Gasteiger partial charge is 0.265 e. The Morgan fingerprint density at radius 1 is 0.909 bits per heavy atom. The Hall–Kier alpha value is -2.81. The van der Waals surface area contributed by atoms with Crippen LogP contribution in [-0.4, -0.2) is 12.0 Å². The van der Waals surface area contributed by atoms with E-state index in [1.807, 2.05) is 37.3 Å². The van der Waals surface area contributed by atoms with Crippen LogP contribution in [0.1, 0.15) is 57.4 Å². The van der Waals surface area contributed by atoms with Crippen molar-refractivity contribution in [3.63, 3.8) is 0 Å². The fraction of sp³-hybridized carbons (Fsp3) is 0.433. The van der Waals surface area contributed by atoms with Crippen LogP contribution in [0.5, 0.6) is 5.75 Å². The maximum atomic E-state index is 13.0. The molecular weight excluding hydrogens is 406 g/mol. The van der Waals surface area contributed by atoms with Crippen LogP contribution >= 0.6 is 0 Å². The third-order valence-electron chi connectivity index (χ3n) is 8.47. The van der Waals surface area contributed by atoms with E-state index in [1.54, 1.807) is 0 Å². The van der Waals surface area contributed by atoms with Gasteiger partial charge in [0.1, 0.15) is 5.75 Å². The van der Waals surface area contributed by atoms with Crippen LogP contribution in [0.15, 0.2) is 66.7 Å². The van der Waals surface area contributed by atoms with Gasteiger partial charge in [-0.3, -0.25) is 4.79 Å². The maximum absolute atomic E-state index is 13.0. The fourth-order valence-corrected chi connectivity index (χ4v) is 7.32. The Balaban J connectivity index is 1.14.